The molecule has 138 valence electrons. The van der Waals surface area contributed by atoms with Crippen molar-refractivity contribution in [1.82, 2.24) is 4.98 Å². The molecule has 0 saturated carbocycles. The number of hydrogen-bond acceptors (Lipinski definition) is 6. The van der Waals surface area contributed by atoms with Crippen LogP contribution in [0.2, 0.25) is 0 Å². The highest BCUT2D eigenvalue weighted by atomic mass is 32.2. The Balaban J connectivity index is 1.74. The lowest BCUT2D eigenvalue weighted by Gasteiger charge is -2.36. The highest BCUT2D eigenvalue weighted by Crippen LogP contribution is 2.52. The zero-order valence-corrected chi connectivity index (χ0v) is 16.9. The van der Waals surface area contributed by atoms with E-state index >= 15 is 0 Å². The van der Waals surface area contributed by atoms with E-state index in [1.54, 1.807) is 12.3 Å². The molecule has 3 rings (SSSR count). The van der Waals surface area contributed by atoms with E-state index in [2.05, 4.69) is 35.7 Å². The molecule has 0 radical (unpaired) electrons. The van der Waals surface area contributed by atoms with Crippen LogP contribution in [-0.2, 0) is 21.7 Å². The number of aromatic nitrogens is 1. The van der Waals surface area contributed by atoms with Crippen LogP contribution in [0.3, 0.4) is 0 Å². The molecular formula is C20H23NO3S2. The molecule has 1 aliphatic heterocycles. The van der Waals surface area contributed by atoms with Gasteiger partial charge in [0.2, 0.25) is 0 Å². The van der Waals surface area contributed by atoms with Gasteiger partial charge in [-0.15, -0.1) is 23.5 Å². The minimum absolute atomic E-state index is 0.0734. The Kier molecular flexibility index (Phi) is 6.14. The van der Waals surface area contributed by atoms with Crippen molar-refractivity contribution >= 4 is 29.5 Å². The van der Waals surface area contributed by atoms with Gasteiger partial charge in [0.15, 0.2) is 0 Å². The third kappa shape index (κ3) is 3.86. The van der Waals surface area contributed by atoms with Gasteiger partial charge in [0, 0.05) is 23.9 Å². The fourth-order valence-corrected chi connectivity index (χ4v) is 5.18. The van der Waals surface area contributed by atoms with Gasteiger partial charge in [0.1, 0.15) is 5.75 Å². The maximum absolute atomic E-state index is 11.5. The smallest absolute Gasteiger partial charge is 0.339 e. The van der Waals surface area contributed by atoms with E-state index in [-0.39, 0.29) is 10.0 Å². The summed E-state index contributed by atoms with van der Waals surface area (Å²) in [4.78, 5) is 15.9. The Morgan fingerprint density at radius 1 is 1.23 bits per heavy atom. The van der Waals surface area contributed by atoms with Crippen LogP contribution in [-0.4, -0.2) is 37.2 Å². The van der Waals surface area contributed by atoms with Crippen LogP contribution in [0.15, 0.2) is 36.5 Å². The number of fused-ring (bicyclic) bond motifs is 1. The Morgan fingerprint density at radius 2 is 2.04 bits per heavy atom. The highest BCUT2D eigenvalue weighted by Gasteiger charge is 2.36. The molecule has 0 fully saturated rings. The summed E-state index contributed by atoms with van der Waals surface area (Å²) in [6.07, 6.45) is 8.66. The molecule has 6 heteroatoms. The van der Waals surface area contributed by atoms with Crippen LogP contribution in [0.5, 0.6) is 5.75 Å². The van der Waals surface area contributed by atoms with Crippen molar-refractivity contribution in [3.63, 3.8) is 0 Å². The molecule has 0 aliphatic carbocycles. The van der Waals surface area contributed by atoms with Crippen molar-refractivity contribution in [2.45, 2.75) is 23.3 Å². The van der Waals surface area contributed by atoms with E-state index in [1.165, 1.54) is 18.2 Å². The summed E-state index contributed by atoms with van der Waals surface area (Å²) in [5, 5.41) is 0. The number of rotatable bonds is 6. The Morgan fingerprint density at radius 3 is 2.69 bits per heavy atom. The highest BCUT2D eigenvalue weighted by molar-refractivity contribution is 8.16. The summed E-state index contributed by atoms with van der Waals surface area (Å²) < 4.78 is 10.6. The third-order valence-electron chi connectivity index (χ3n) is 4.72. The average molecular weight is 390 g/mol. The molecule has 0 N–H and O–H groups in total. The van der Waals surface area contributed by atoms with Crippen molar-refractivity contribution < 1.29 is 14.3 Å². The summed E-state index contributed by atoms with van der Waals surface area (Å²) in [5.41, 5.74) is 4.01. The molecule has 0 amide bonds. The number of thioether (sulfide) groups is 2. The maximum Gasteiger partial charge on any atom is 0.339 e. The number of carbonyl (C=O) groups excluding carboxylic acids is 1. The van der Waals surface area contributed by atoms with Crippen molar-refractivity contribution in [3.8, 4) is 5.75 Å². The number of methoxy groups -OCH3 is 1. The zero-order valence-electron chi connectivity index (χ0n) is 15.3. The first-order valence-electron chi connectivity index (χ1n) is 8.51. The molecule has 2 aromatic rings. The first kappa shape index (κ1) is 19.1. The molecule has 2 heterocycles. The standard InChI is InChI=1S/C20H23NO3S2/c1-23-19(22)15-6-8-16(21-13-15)7-4-14-5-9-18-17(12-14)20(25-2,26-3)10-11-24-18/h5-6,8-9,12-13H,4,7,10-11H2,1-3H3. The fraction of sp³-hybridized carbons (Fsp3) is 0.400. The number of pyridine rings is 1. The van der Waals surface area contributed by atoms with Crippen LogP contribution in [0.1, 0.15) is 33.6 Å². The average Bonchev–Trinajstić information content (AvgIpc) is 2.71. The minimum Gasteiger partial charge on any atom is -0.493 e. The third-order valence-corrected chi connectivity index (χ3v) is 7.89. The van der Waals surface area contributed by atoms with E-state index in [0.717, 1.165) is 37.3 Å². The molecule has 1 aromatic carbocycles. The number of benzene rings is 1. The van der Waals surface area contributed by atoms with Gasteiger partial charge in [0.25, 0.3) is 0 Å². The first-order chi connectivity index (χ1) is 12.6. The number of ether oxygens (including phenoxy) is 2. The van der Waals surface area contributed by atoms with Crippen LogP contribution < -0.4 is 4.74 Å². The van der Waals surface area contributed by atoms with E-state index in [4.69, 9.17) is 9.47 Å². The van der Waals surface area contributed by atoms with E-state index < -0.39 is 0 Å². The fourth-order valence-electron chi connectivity index (χ4n) is 3.18. The monoisotopic (exact) mass is 389 g/mol. The zero-order chi connectivity index (χ0) is 18.6. The van der Waals surface area contributed by atoms with E-state index in [1.807, 2.05) is 29.6 Å². The predicted molar refractivity (Wildman–Crippen MR) is 108 cm³/mol. The molecule has 0 atom stereocenters. The topological polar surface area (TPSA) is 48.4 Å². The quantitative estimate of drug-likeness (QED) is 0.542. The normalized spacial score (nSPS) is 15.0. The van der Waals surface area contributed by atoms with Gasteiger partial charge in [-0.2, -0.15) is 0 Å². The van der Waals surface area contributed by atoms with Gasteiger partial charge >= 0.3 is 5.97 Å². The summed E-state index contributed by atoms with van der Waals surface area (Å²) in [5.74, 6) is 0.647. The number of aryl methyl sites for hydroxylation is 2. The van der Waals surface area contributed by atoms with Crippen LogP contribution >= 0.6 is 23.5 Å². The molecule has 1 aromatic heterocycles. The number of carbonyl (C=O) groups is 1. The second-order valence-electron chi connectivity index (χ2n) is 6.12. The van der Waals surface area contributed by atoms with Gasteiger partial charge in [-0.05, 0) is 55.2 Å². The molecule has 4 nitrogen and oxygen atoms in total. The van der Waals surface area contributed by atoms with E-state index in [0.29, 0.717) is 5.56 Å². The maximum atomic E-state index is 11.5. The Hall–Kier alpha value is -1.66. The van der Waals surface area contributed by atoms with Gasteiger partial charge in [0.05, 0.1) is 23.4 Å². The van der Waals surface area contributed by atoms with Crippen molar-refractivity contribution in [1.29, 1.82) is 0 Å². The minimum atomic E-state index is -0.357. The second-order valence-corrected chi connectivity index (χ2v) is 8.59. The van der Waals surface area contributed by atoms with Gasteiger partial charge in [-0.1, -0.05) is 6.07 Å². The summed E-state index contributed by atoms with van der Waals surface area (Å²) in [6, 6.07) is 10.2. The predicted octanol–water partition coefficient (Wildman–Crippen LogP) is 4.31. The van der Waals surface area contributed by atoms with Gasteiger partial charge in [-0.25, -0.2) is 4.79 Å². The largest absolute Gasteiger partial charge is 0.493 e. The van der Waals surface area contributed by atoms with Crippen molar-refractivity contribution in [2.75, 3.05) is 26.2 Å². The van der Waals surface area contributed by atoms with Crippen LogP contribution in [0, 0.1) is 0 Å². The molecule has 0 saturated heterocycles. The molecule has 0 unspecified atom stereocenters. The van der Waals surface area contributed by atoms with E-state index in [9.17, 15) is 4.79 Å². The number of nitrogens with zero attached hydrogens (tertiary/aromatic N) is 1. The second kappa shape index (κ2) is 8.35. The molecule has 26 heavy (non-hydrogen) atoms. The van der Waals surface area contributed by atoms with Gasteiger partial charge in [-0.3, -0.25) is 4.98 Å². The SMILES string of the molecule is COC(=O)c1ccc(CCc2ccc3c(c2)C(SC)(SC)CCO3)nc1. The summed E-state index contributed by atoms with van der Waals surface area (Å²) in [6.45, 7) is 0.768. The molecular weight excluding hydrogens is 366 g/mol. The van der Waals surface area contributed by atoms with Gasteiger partial charge < -0.3 is 9.47 Å². The molecule has 0 spiro atoms. The lowest BCUT2D eigenvalue weighted by Crippen LogP contribution is -2.26. The number of hydrogen-bond donors (Lipinski definition) is 0. The lowest BCUT2D eigenvalue weighted by molar-refractivity contribution is 0.0600. The van der Waals surface area contributed by atoms with Crippen LogP contribution in [0.25, 0.3) is 0 Å². The summed E-state index contributed by atoms with van der Waals surface area (Å²) >= 11 is 3.78. The Labute approximate surface area is 163 Å². The number of esters is 1. The Bertz CT molecular complexity index is 773. The van der Waals surface area contributed by atoms with Crippen molar-refractivity contribution in [2.24, 2.45) is 0 Å². The first-order valence-corrected chi connectivity index (χ1v) is 11.0. The molecule has 0 bridgehead atoms. The van der Waals surface area contributed by atoms with Crippen LogP contribution in [0.4, 0.5) is 0 Å². The lowest BCUT2D eigenvalue weighted by atomic mass is 9.99. The summed E-state index contributed by atoms with van der Waals surface area (Å²) in [7, 11) is 1.37. The molecule has 1 aliphatic rings. The van der Waals surface area contributed by atoms with Crippen molar-refractivity contribution in [3.05, 3.63) is 58.9 Å².